The molecule has 1 fully saturated rings. The van der Waals surface area contributed by atoms with E-state index in [9.17, 15) is 18.0 Å². The molecule has 1 aliphatic rings. The Morgan fingerprint density at radius 1 is 1.15 bits per heavy atom. The lowest BCUT2D eigenvalue weighted by atomic mass is 9.91. The summed E-state index contributed by atoms with van der Waals surface area (Å²) >= 11 is 0. The molecule has 1 aliphatic heterocycles. The van der Waals surface area contributed by atoms with Crippen LogP contribution in [0.4, 0.5) is 5.69 Å². The number of likely N-dealkylation sites (tertiary alicyclic amines) is 1. The lowest BCUT2D eigenvalue weighted by Gasteiger charge is -2.35. The van der Waals surface area contributed by atoms with Gasteiger partial charge in [0.2, 0.25) is 21.8 Å². The van der Waals surface area contributed by atoms with Gasteiger partial charge in [0.1, 0.15) is 0 Å². The molecule has 1 aromatic rings. The molecular formula is C18H28N4O4S. The van der Waals surface area contributed by atoms with Crippen LogP contribution in [-0.2, 0) is 19.6 Å². The number of carbonyl (C=O) groups is 2. The Labute approximate surface area is 160 Å². The van der Waals surface area contributed by atoms with Gasteiger partial charge in [-0.15, -0.1) is 0 Å². The summed E-state index contributed by atoms with van der Waals surface area (Å²) in [5.41, 5.74) is 6.42. The number of rotatable bonds is 6. The standard InChI is InChI=1S/C18H28N4O4S/c1-12(19)15-8-10-22(11-9-15)18(24)13(2)21-27(25,26)17-6-4-16(5-7-17)20-14(3)23/h4-7,12-13,15,21H,8-11,19H2,1-3H3,(H,20,23). The van der Waals surface area contributed by atoms with E-state index >= 15 is 0 Å². The molecule has 0 spiro atoms. The van der Waals surface area contributed by atoms with E-state index in [4.69, 9.17) is 5.73 Å². The molecule has 9 heteroatoms. The van der Waals surface area contributed by atoms with Crippen molar-refractivity contribution in [1.29, 1.82) is 0 Å². The monoisotopic (exact) mass is 396 g/mol. The Morgan fingerprint density at radius 3 is 2.19 bits per heavy atom. The van der Waals surface area contributed by atoms with Gasteiger partial charge in [0.25, 0.3) is 0 Å². The van der Waals surface area contributed by atoms with Crippen LogP contribution >= 0.6 is 0 Å². The van der Waals surface area contributed by atoms with Gasteiger partial charge in [-0.2, -0.15) is 4.72 Å². The molecule has 4 N–H and O–H groups in total. The first-order valence-corrected chi connectivity index (χ1v) is 10.5. The summed E-state index contributed by atoms with van der Waals surface area (Å²) < 4.78 is 27.5. The van der Waals surface area contributed by atoms with Crippen LogP contribution in [-0.4, -0.2) is 50.3 Å². The number of nitrogens with zero attached hydrogens (tertiary/aromatic N) is 1. The quantitative estimate of drug-likeness (QED) is 0.659. The highest BCUT2D eigenvalue weighted by Crippen LogP contribution is 2.20. The first-order chi connectivity index (χ1) is 12.6. The number of nitrogens with two attached hydrogens (primary N) is 1. The van der Waals surface area contributed by atoms with Gasteiger partial charge in [-0.3, -0.25) is 9.59 Å². The molecule has 0 aromatic heterocycles. The second-order valence-corrected chi connectivity index (χ2v) is 8.78. The van der Waals surface area contributed by atoms with Gasteiger partial charge in [-0.1, -0.05) is 0 Å². The van der Waals surface area contributed by atoms with Gasteiger partial charge < -0.3 is 16.0 Å². The average molecular weight is 397 g/mol. The van der Waals surface area contributed by atoms with Crippen LogP contribution < -0.4 is 15.8 Å². The number of benzene rings is 1. The van der Waals surface area contributed by atoms with Crippen molar-refractivity contribution in [2.24, 2.45) is 11.7 Å². The van der Waals surface area contributed by atoms with Gasteiger partial charge in [-0.25, -0.2) is 8.42 Å². The summed E-state index contributed by atoms with van der Waals surface area (Å²) in [6.07, 6.45) is 1.65. The number of nitrogens with one attached hydrogen (secondary N) is 2. The van der Waals surface area contributed by atoms with Crippen molar-refractivity contribution in [1.82, 2.24) is 9.62 Å². The number of sulfonamides is 1. The highest BCUT2D eigenvalue weighted by molar-refractivity contribution is 7.89. The number of amides is 2. The summed E-state index contributed by atoms with van der Waals surface area (Å²) in [5.74, 6) is -0.0875. The fraction of sp³-hybridized carbons (Fsp3) is 0.556. The summed E-state index contributed by atoms with van der Waals surface area (Å²) in [7, 11) is -3.84. The van der Waals surface area contributed by atoms with E-state index in [0.717, 1.165) is 12.8 Å². The smallest absolute Gasteiger partial charge is 0.241 e. The van der Waals surface area contributed by atoms with Gasteiger partial charge >= 0.3 is 0 Å². The van der Waals surface area contributed by atoms with E-state index in [2.05, 4.69) is 10.0 Å². The summed E-state index contributed by atoms with van der Waals surface area (Å²) in [5, 5.41) is 2.57. The molecule has 2 amide bonds. The van der Waals surface area contributed by atoms with Crippen LogP contribution in [0.1, 0.15) is 33.6 Å². The van der Waals surface area contributed by atoms with Gasteiger partial charge in [0.15, 0.2) is 0 Å². The average Bonchev–Trinajstić information content (AvgIpc) is 2.60. The Balaban J connectivity index is 1.98. The van der Waals surface area contributed by atoms with E-state index in [1.54, 1.807) is 11.8 Å². The SMILES string of the molecule is CC(=O)Nc1ccc(S(=O)(=O)NC(C)C(=O)N2CCC(C(C)N)CC2)cc1. The number of anilines is 1. The molecule has 0 saturated carbocycles. The van der Waals surface area contributed by atoms with Crippen molar-refractivity contribution >= 4 is 27.5 Å². The summed E-state index contributed by atoms with van der Waals surface area (Å²) in [6.45, 7) is 6.06. The number of carbonyl (C=O) groups excluding carboxylic acids is 2. The zero-order chi connectivity index (χ0) is 20.2. The topological polar surface area (TPSA) is 122 Å². The molecular weight excluding hydrogens is 368 g/mol. The lowest BCUT2D eigenvalue weighted by Crippen LogP contribution is -2.50. The number of piperidine rings is 1. The predicted octanol–water partition coefficient (Wildman–Crippen LogP) is 0.898. The van der Waals surface area contributed by atoms with Crippen LogP contribution in [0.15, 0.2) is 29.2 Å². The van der Waals surface area contributed by atoms with E-state index in [0.29, 0.717) is 24.7 Å². The largest absolute Gasteiger partial charge is 0.341 e. The fourth-order valence-corrected chi connectivity index (χ4v) is 4.39. The summed E-state index contributed by atoms with van der Waals surface area (Å²) in [6, 6.07) is 5.01. The van der Waals surface area contributed by atoms with E-state index in [-0.39, 0.29) is 22.8 Å². The second-order valence-electron chi connectivity index (χ2n) is 7.07. The minimum absolute atomic E-state index is 0.0342. The molecule has 8 nitrogen and oxygen atoms in total. The van der Waals surface area contributed by atoms with Crippen molar-refractivity contribution in [3.63, 3.8) is 0 Å². The van der Waals surface area contributed by atoms with Crippen LogP contribution in [0.5, 0.6) is 0 Å². The maximum absolute atomic E-state index is 12.6. The molecule has 2 atom stereocenters. The van der Waals surface area contributed by atoms with Crippen molar-refractivity contribution in [3.8, 4) is 0 Å². The van der Waals surface area contributed by atoms with Gasteiger partial charge in [0.05, 0.1) is 10.9 Å². The van der Waals surface area contributed by atoms with Crippen molar-refractivity contribution < 1.29 is 18.0 Å². The molecule has 150 valence electrons. The third-order valence-corrected chi connectivity index (χ3v) is 6.34. The maximum Gasteiger partial charge on any atom is 0.241 e. The molecule has 1 aromatic carbocycles. The van der Waals surface area contributed by atoms with Crippen molar-refractivity contribution in [2.45, 2.75) is 50.6 Å². The Morgan fingerprint density at radius 2 is 1.70 bits per heavy atom. The zero-order valence-corrected chi connectivity index (χ0v) is 16.8. The van der Waals surface area contributed by atoms with Crippen LogP contribution in [0.2, 0.25) is 0 Å². The molecule has 0 aliphatic carbocycles. The first-order valence-electron chi connectivity index (χ1n) is 9.04. The molecule has 0 radical (unpaired) electrons. The molecule has 1 saturated heterocycles. The molecule has 2 unspecified atom stereocenters. The van der Waals surface area contributed by atoms with Crippen molar-refractivity contribution in [3.05, 3.63) is 24.3 Å². The van der Waals surface area contributed by atoms with Gasteiger partial charge in [-0.05, 0) is 56.9 Å². The van der Waals surface area contributed by atoms with Gasteiger partial charge in [0, 0.05) is 31.7 Å². The third-order valence-electron chi connectivity index (χ3n) is 4.78. The first kappa shape index (κ1) is 21.3. The van der Waals surface area contributed by atoms with Crippen LogP contribution in [0.3, 0.4) is 0 Å². The predicted molar refractivity (Wildman–Crippen MR) is 103 cm³/mol. The zero-order valence-electron chi connectivity index (χ0n) is 15.9. The van der Waals surface area contributed by atoms with Crippen LogP contribution in [0, 0.1) is 5.92 Å². The fourth-order valence-electron chi connectivity index (χ4n) is 3.19. The molecule has 1 heterocycles. The van der Waals surface area contributed by atoms with E-state index in [1.807, 2.05) is 6.92 Å². The normalized spacial score (nSPS) is 18.0. The Bertz CT molecular complexity index is 769. The minimum atomic E-state index is -3.84. The molecule has 0 bridgehead atoms. The summed E-state index contributed by atoms with van der Waals surface area (Å²) in [4.78, 5) is 25.3. The van der Waals surface area contributed by atoms with E-state index < -0.39 is 16.1 Å². The Hall–Kier alpha value is -1.97. The lowest BCUT2D eigenvalue weighted by molar-refractivity contribution is -0.134. The molecule has 27 heavy (non-hydrogen) atoms. The highest BCUT2D eigenvalue weighted by Gasteiger charge is 2.29. The highest BCUT2D eigenvalue weighted by atomic mass is 32.2. The Kier molecular flexibility index (Phi) is 6.96. The third kappa shape index (κ3) is 5.75. The van der Waals surface area contributed by atoms with E-state index in [1.165, 1.54) is 31.2 Å². The minimum Gasteiger partial charge on any atom is -0.341 e. The molecule has 2 rings (SSSR count). The second kappa shape index (κ2) is 8.81. The number of hydrogen-bond donors (Lipinski definition) is 3. The maximum atomic E-state index is 12.6. The van der Waals surface area contributed by atoms with Crippen molar-refractivity contribution in [2.75, 3.05) is 18.4 Å². The number of hydrogen-bond acceptors (Lipinski definition) is 5. The van der Waals surface area contributed by atoms with Crippen LogP contribution in [0.25, 0.3) is 0 Å².